The van der Waals surface area contributed by atoms with Crippen LogP contribution in [0.1, 0.15) is 142 Å². The molecule has 0 N–H and O–H groups in total. The Hall–Kier alpha value is -1.58. The molecule has 0 fully saturated rings. The molecule has 1 aliphatic rings. The molecule has 0 saturated heterocycles. The van der Waals surface area contributed by atoms with Gasteiger partial charge in [0, 0.05) is 12.2 Å². The summed E-state index contributed by atoms with van der Waals surface area (Å²) in [7, 11) is 0. The van der Waals surface area contributed by atoms with Crippen LogP contribution < -0.4 is 0 Å². The van der Waals surface area contributed by atoms with Crippen molar-refractivity contribution in [2.45, 2.75) is 142 Å². The summed E-state index contributed by atoms with van der Waals surface area (Å²) in [4.78, 5) is 24.5. The summed E-state index contributed by atoms with van der Waals surface area (Å²) in [5, 5.41) is 0. The number of ketones is 2. The molecule has 0 radical (unpaired) electrons. The molecule has 0 spiro atoms. The van der Waals surface area contributed by atoms with Crippen LogP contribution in [0.3, 0.4) is 0 Å². The van der Waals surface area contributed by atoms with Gasteiger partial charge in [-0.15, -0.1) is 0 Å². The number of hydrogen-bond acceptors (Lipinski definition) is 4. The molecule has 0 atom stereocenters. The second-order valence-electron chi connectivity index (χ2n) is 9.81. The minimum Gasteiger partial charge on any atom is -0.489 e. The molecule has 0 amide bonds. The van der Waals surface area contributed by atoms with Crippen molar-refractivity contribution in [1.82, 2.24) is 0 Å². The molecule has 0 aromatic heterocycles. The van der Waals surface area contributed by atoms with Gasteiger partial charge in [0.1, 0.15) is 0 Å². The lowest BCUT2D eigenvalue weighted by molar-refractivity contribution is -0.119. The maximum atomic E-state index is 12.3. The van der Waals surface area contributed by atoms with Gasteiger partial charge in [0.25, 0.3) is 0 Å². The molecule has 0 aromatic carbocycles. The zero-order valence-electron chi connectivity index (χ0n) is 22.3. The van der Waals surface area contributed by atoms with Gasteiger partial charge in [-0.2, -0.15) is 0 Å². The topological polar surface area (TPSA) is 52.6 Å². The van der Waals surface area contributed by atoms with Crippen LogP contribution in [0.2, 0.25) is 0 Å². The van der Waals surface area contributed by atoms with E-state index in [2.05, 4.69) is 13.8 Å². The van der Waals surface area contributed by atoms with Gasteiger partial charge >= 0.3 is 0 Å². The van der Waals surface area contributed by atoms with Gasteiger partial charge in [-0.25, -0.2) is 0 Å². The highest BCUT2D eigenvalue weighted by Crippen LogP contribution is 2.17. The average molecular weight is 477 g/mol. The molecule has 0 bridgehead atoms. The van der Waals surface area contributed by atoms with E-state index < -0.39 is 0 Å². The standard InChI is InChI=1S/C30H52O4/c1-3-5-7-9-11-13-15-17-19-21-23-33-29-25-28(32)30(26-27(29)31)34-24-22-20-18-16-14-12-10-8-6-4-2/h25-26H,3-24H2,1-2H3. The Balaban J connectivity index is 2.02. The Kier molecular flexibility index (Phi) is 19.6. The third kappa shape index (κ3) is 16.1. The van der Waals surface area contributed by atoms with Crippen LogP contribution in [-0.2, 0) is 19.1 Å². The third-order valence-electron chi connectivity index (χ3n) is 6.52. The molecule has 0 aromatic rings. The summed E-state index contributed by atoms with van der Waals surface area (Å²) in [5.74, 6) is -0.200. The highest BCUT2D eigenvalue weighted by Gasteiger charge is 2.22. The molecule has 0 saturated carbocycles. The van der Waals surface area contributed by atoms with Crippen molar-refractivity contribution in [3.8, 4) is 0 Å². The minimum atomic E-state index is -0.259. The second kappa shape index (κ2) is 21.9. The Morgan fingerprint density at radius 3 is 1.00 bits per heavy atom. The average Bonchev–Trinajstić information content (AvgIpc) is 2.83. The number of hydrogen-bond donors (Lipinski definition) is 0. The van der Waals surface area contributed by atoms with E-state index >= 15 is 0 Å². The fourth-order valence-corrected chi connectivity index (χ4v) is 4.29. The van der Waals surface area contributed by atoms with Crippen molar-refractivity contribution in [3.05, 3.63) is 23.7 Å². The van der Waals surface area contributed by atoms with Crippen LogP contribution in [0.4, 0.5) is 0 Å². The van der Waals surface area contributed by atoms with Crippen molar-refractivity contribution in [1.29, 1.82) is 0 Å². The van der Waals surface area contributed by atoms with Crippen LogP contribution >= 0.6 is 0 Å². The molecule has 34 heavy (non-hydrogen) atoms. The summed E-state index contributed by atoms with van der Waals surface area (Å²) in [6, 6.07) is 0. The molecular weight excluding hydrogens is 424 g/mol. The van der Waals surface area contributed by atoms with Gasteiger partial charge in [-0.3, -0.25) is 9.59 Å². The van der Waals surface area contributed by atoms with E-state index in [1.165, 1.54) is 115 Å². The summed E-state index contributed by atoms with van der Waals surface area (Å²) < 4.78 is 11.2. The van der Waals surface area contributed by atoms with Crippen molar-refractivity contribution in [3.63, 3.8) is 0 Å². The molecule has 4 heteroatoms. The van der Waals surface area contributed by atoms with Crippen LogP contribution in [0, 0.1) is 0 Å². The molecule has 0 aliphatic heterocycles. The van der Waals surface area contributed by atoms with Crippen molar-refractivity contribution in [2.75, 3.05) is 13.2 Å². The first-order valence-electron chi connectivity index (χ1n) is 14.5. The predicted molar refractivity (Wildman–Crippen MR) is 142 cm³/mol. The quantitative estimate of drug-likeness (QED) is 0.103. The van der Waals surface area contributed by atoms with Gasteiger partial charge in [-0.05, 0) is 12.8 Å². The normalized spacial score (nSPS) is 13.7. The lowest BCUT2D eigenvalue weighted by atomic mass is 10.1. The fourth-order valence-electron chi connectivity index (χ4n) is 4.29. The summed E-state index contributed by atoms with van der Waals surface area (Å²) in [6.45, 7) is 5.48. The Labute approximate surface area is 209 Å². The molecule has 0 heterocycles. The lowest BCUT2D eigenvalue weighted by Gasteiger charge is -2.14. The van der Waals surface area contributed by atoms with E-state index in [1.54, 1.807) is 0 Å². The summed E-state index contributed by atoms with van der Waals surface area (Å²) in [5.41, 5.74) is 0. The lowest BCUT2D eigenvalue weighted by Crippen LogP contribution is -2.17. The van der Waals surface area contributed by atoms with Crippen LogP contribution in [-0.4, -0.2) is 24.8 Å². The number of unbranched alkanes of at least 4 members (excludes halogenated alkanes) is 18. The van der Waals surface area contributed by atoms with Crippen molar-refractivity contribution >= 4 is 11.6 Å². The SMILES string of the molecule is CCCCCCCCCCCCOC1=CC(=O)C(OCCCCCCCCCCCC)=CC1=O. The van der Waals surface area contributed by atoms with E-state index in [1.807, 2.05) is 0 Å². The monoisotopic (exact) mass is 476 g/mol. The maximum Gasteiger partial charge on any atom is 0.224 e. The van der Waals surface area contributed by atoms with E-state index in [-0.39, 0.29) is 23.1 Å². The molecule has 1 aliphatic carbocycles. The van der Waals surface area contributed by atoms with E-state index in [0.717, 1.165) is 25.7 Å². The number of carbonyl (C=O) groups is 2. The molecule has 196 valence electrons. The van der Waals surface area contributed by atoms with E-state index in [4.69, 9.17) is 9.47 Å². The van der Waals surface area contributed by atoms with Gasteiger partial charge in [0.2, 0.25) is 11.6 Å². The van der Waals surface area contributed by atoms with Crippen LogP contribution in [0.5, 0.6) is 0 Å². The molecular formula is C30H52O4. The van der Waals surface area contributed by atoms with E-state index in [9.17, 15) is 9.59 Å². The highest BCUT2D eigenvalue weighted by molar-refractivity contribution is 6.18. The number of ether oxygens (including phenoxy) is 2. The van der Waals surface area contributed by atoms with Gasteiger partial charge in [-0.1, -0.05) is 129 Å². The number of carbonyl (C=O) groups excluding carboxylic acids is 2. The molecule has 4 nitrogen and oxygen atoms in total. The zero-order valence-corrected chi connectivity index (χ0v) is 22.3. The molecule has 0 unspecified atom stereocenters. The first-order valence-corrected chi connectivity index (χ1v) is 14.5. The zero-order chi connectivity index (χ0) is 24.7. The van der Waals surface area contributed by atoms with E-state index in [0.29, 0.717) is 13.2 Å². The second-order valence-corrected chi connectivity index (χ2v) is 9.81. The summed E-state index contributed by atoms with van der Waals surface area (Å²) >= 11 is 0. The number of allylic oxidation sites excluding steroid dienone is 2. The summed E-state index contributed by atoms with van der Waals surface area (Å²) in [6.07, 6.45) is 27.7. The Bertz CT molecular complexity index is 539. The highest BCUT2D eigenvalue weighted by atomic mass is 16.5. The van der Waals surface area contributed by atoms with Crippen LogP contribution in [0.25, 0.3) is 0 Å². The van der Waals surface area contributed by atoms with Crippen molar-refractivity contribution in [2.24, 2.45) is 0 Å². The fraction of sp³-hybridized carbons (Fsp3) is 0.800. The first kappa shape index (κ1) is 30.5. The first-order chi connectivity index (χ1) is 16.7. The Morgan fingerprint density at radius 2 is 0.706 bits per heavy atom. The third-order valence-corrected chi connectivity index (χ3v) is 6.52. The van der Waals surface area contributed by atoms with Crippen molar-refractivity contribution < 1.29 is 19.1 Å². The van der Waals surface area contributed by atoms with Crippen LogP contribution in [0.15, 0.2) is 23.7 Å². The largest absolute Gasteiger partial charge is 0.489 e. The number of rotatable bonds is 24. The van der Waals surface area contributed by atoms with Gasteiger partial charge in [0.15, 0.2) is 11.5 Å². The Morgan fingerprint density at radius 1 is 0.441 bits per heavy atom. The smallest absolute Gasteiger partial charge is 0.224 e. The minimum absolute atomic E-state index is 0.159. The predicted octanol–water partition coefficient (Wildman–Crippen LogP) is 8.78. The molecule has 1 rings (SSSR count). The van der Waals surface area contributed by atoms with Gasteiger partial charge in [0.05, 0.1) is 13.2 Å². The maximum absolute atomic E-state index is 12.3. The van der Waals surface area contributed by atoms with Gasteiger partial charge < -0.3 is 9.47 Å².